The quantitative estimate of drug-likeness (QED) is 0.844. The maximum Gasteiger partial charge on any atom is 0.335 e. The Morgan fingerprint density at radius 1 is 1.53 bits per heavy atom. The van der Waals surface area contributed by atoms with Crippen molar-refractivity contribution in [3.05, 3.63) is 47.3 Å². The fourth-order valence-corrected chi connectivity index (χ4v) is 2.27. The molecule has 2 aromatic rings. The zero-order chi connectivity index (χ0) is 12.3. The number of hydrogen-bond acceptors (Lipinski definition) is 4. The molecule has 5 heteroatoms. The van der Waals surface area contributed by atoms with Crippen molar-refractivity contribution in [1.29, 1.82) is 0 Å². The molecule has 0 amide bonds. The van der Waals surface area contributed by atoms with Crippen molar-refractivity contribution in [3.8, 4) is 0 Å². The van der Waals surface area contributed by atoms with Crippen molar-refractivity contribution in [3.63, 3.8) is 0 Å². The summed E-state index contributed by atoms with van der Waals surface area (Å²) >= 11 is 1.48. The summed E-state index contributed by atoms with van der Waals surface area (Å²) in [5, 5.41) is 9.47. The molecule has 0 aliphatic carbocycles. The zero-order valence-corrected chi connectivity index (χ0v) is 10.0. The molecule has 1 aromatic carbocycles. The first kappa shape index (κ1) is 11.7. The second-order valence-electron chi connectivity index (χ2n) is 3.53. The molecule has 1 aromatic heterocycles. The van der Waals surface area contributed by atoms with Crippen molar-refractivity contribution in [2.45, 2.75) is 17.9 Å². The zero-order valence-electron chi connectivity index (χ0n) is 9.21. The minimum absolute atomic E-state index is 0.312. The minimum Gasteiger partial charge on any atom is -0.478 e. The number of hydrogen-bond donors (Lipinski definition) is 1. The minimum atomic E-state index is -0.903. The van der Waals surface area contributed by atoms with Crippen molar-refractivity contribution >= 4 is 17.7 Å². The van der Waals surface area contributed by atoms with Crippen LogP contribution in [0.2, 0.25) is 0 Å². The number of carboxylic acids is 1. The highest BCUT2D eigenvalue weighted by molar-refractivity contribution is 7.98. The molecule has 2 rings (SSSR count). The lowest BCUT2D eigenvalue weighted by atomic mass is 10.1. The van der Waals surface area contributed by atoms with Gasteiger partial charge < -0.3 is 9.52 Å². The van der Waals surface area contributed by atoms with Gasteiger partial charge in [0, 0.05) is 5.75 Å². The molecule has 1 heterocycles. The topological polar surface area (TPSA) is 63.3 Å². The van der Waals surface area contributed by atoms with Gasteiger partial charge in [-0.1, -0.05) is 17.8 Å². The van der Waals surface area contributed by atoms with Gasteiger partial charge in [-0.05, 0) is 30.2 Å². The third-order valence-electron chi connectivity index (χ3n) is 2.35. The Morgan fingerprint density at radius 3 is 2.94 bits per heavy atom. The molecular weight excluding hydrogens is 238 g/mol. The number of carbonyl (C=O) groups is 1. The lowest BCUT2D eigenvalue weighted by molar-refractivity contribution is 0.0697. The molecule has 0 spiro atoms. The van der Waals surface area contributed by atoms with Gasteiger partial charge in [0.2, 0.25) is 0 Å². The van der Waals surface area contributed by atoms with Crippen LogP contribution in [0.5, 0.6) is 0 Å². The molecule has 0 atom stereocenters. The van der Waals surface area contributed by atoms with E-state index in [1.165, 1.54) is 18.0 Å². The number of nitrogens with zero attached hydrogens (tertiary/aromatic N) is 1. The molecule has 0 saturated carbocycles. The number of oxazole rings is 1. The number of benzene rings is 1. The maximum absolute atomic E-state index is 10.8. The molecule has 0 fully saturated rings. The molecule has 17 heavy (non-hydrogen) atoms. The van der Waals surface area contributed by atoms with Crippen LogP contribution < -0.4 is 0 Å². The van der Waals surface area contributed by atoms with Crippen LogP contribution >= 0.6 is 11.8 Å². The van der Waals surface area contributed by atoms with E-state index in [1.54, 1.807) is 18.3 Å². The van der Waals surface area contributed by atoms with Gasteiger partial charge in [-0.3, -0.25) is 0 Å². The van der Waals surface area contributed by atoms with Crippen LogP contribution in [0.3, 0.4) is 0 Å². The van der Waals surface area contributed by atoms with E-state index in [0.717, 1.165) is 11.1 Å². The largest absolute Gasteiger partial charge is 0.478 e. The van der Waals surface area contributed by atoms with Crippen LogP contribution in [0.1, 0.15) is 21.5 Å². The summed E-state index contributed by atoms with van der Waals surface area (Å²) < 4.78 is 5.11. The lowest BCUT2D eigenvalue weighted by Crippen LogP contribution is -1.98. The molecule has 4 nitrogen and oxygen atoms in total. The van der Waals surface area contributed by atoms with Gasteiger partial charge in [-0.15, -0.1) is 0 Å². The van der Waals surface area contributed by atoms with E-state index >= 15 is 0 Å². The number of aromatic nitrogens is 1. The van der Waals surface area contributed by atoms with E-state index in [0.29, 0.717) is 16.5 Å². The third-order valence-corrected chi connectivity index (χ3v) is 3.25. The van der Waals surface area contributed by atoms with Crippen LogP contribution in [0.15, 0.2) is 40.3 Å². The Morgan fingerprint density at radius 2 is 2.35 bits per heavy atom. The van der Waals surface area contributed by atoms with E-state index in [2.05, 4.69) is 4.98 Å². The number of thioether (sulfide) groups is 1. The molecule has 0 saturated heterocycles. The predicted molar refractivity (Wildman–Crippen MR) is 64.2 cm³/mol. The summed E-state index contributed by atoms with van der Waals surface area (Å²) in [6.45, 7) is 1.90. The molecular formula is C12H11NO3S. The Bertz CT molecular complexity index is 523. The molecule has 0 bridgehead atoms. The van der Waals surface area contributed by atoms with Crippen LogP contribution in [-0.2, 0) is 5.75 Å². The Hall–Kier alpha value is -1.75. The number of aromatic carboxylic acids is 1. The van der Waals surface area contributed by atoms with Gasteiger partial charge in [0.1, 0.15) is 6.26 Å². The van der Waals surface area contributed by atoms with Crippen LogP contribution in [0.25, 0.3) is 0 Å². The Kier molecular flexibility index (Phi) is 3.49. The molecule has 0 aliphatic heterocycles. The van der Waals surface area contributed by atoms with Gasteiger partial charge >= 0.3 is 5.97 Å². The first-order valence-electron chi connectivity index (χ1n) is 5.02. The average molecular weight is 249 g/mol. The molecule has 0 aliphatic rings. The summed E-state index contributed by atoms with van der Waals surface area (Å²) in [5.41, 5.74) is 2.36. The first-order valence-corrected chi connectivity index (χ1v) is 6.00. The first-order chi connectivity index (χ1) is 8.16. The van der Waals surface area contributed by atoms with E-state index in [1.807, 2.05) is 13.0 Å². The average Bonchev–Trinajstić information content (AvgIpc) is 2.80. The highest BCUT2D eigenvalue weighted by Crippen LogP contribution is 2.23. The van der Waals surface area contributed by atoms with Crippen molar-refractivity contribution in [1.82, 2.24) is 4.98 Å². The molecule has 88 valence electrons. The van der Waals surface area contributed by atoms with Gasteiger partial charge in [0.05, 0.1) is 11.8 Å². The molecule has 0 radical (unpaired) electrons. The fourth-order valence-electron chi connectivity index (χ4n) is 1.41. The summed E-state index contributed by atoms with van der Waals surface area (Å²) in [7, 11) is 0. The smallest absolute Gasteiger partial charge is 0.335 e. The molecule has 0 unspecified atom stereocenters. The summed E-state index contributed by atoms with van der Waals surface area (Å²) in [5.74, 6) is -0.188. The SMILES string of the molecule is Cc1cc(C(=O)O)ccc1CSc1ncco1. The highest BCUT2D eigenvalue weighted by atomic mass is 32.2. The van der Waals surface area contributed by atoms with Crippen LogP contribution in [0.4, 0.5) is 0 Å². The fraction of sp³-hybridized carbons (Fsp3) is 0.167. The Balaban J connectivity index is 2.09. The van der Waals surface area contributed by atoms with Gasteiger partial charge in [0.25, 0.3) is 5.22 Å². The van der Waals surface area contributed by atoms with Crippen molar-refractivity contribution in [2.75, 3.05) is 0 Å². The normalized spacial score (nSPS) is 10.4. The Labute approximate surface area is 103 Å². The van der Waals surface area contributed by atoms with Crippen LogP contribution in [-0.4, -0.2) is 16.1 Å². The van der Waals surface area contributed by atoms with Gasteiger partial charge in [-0.25, -0.2) is 9.78 Å². The van der Waals surface area contributed by atoms with Crippen LogP contribution in [0, 0.1) is 6.92 Å². The summed E-state index contributed by atoms with van der Waals surface area (Å²) in [6, 6.07) is 5.11. The third kappa shape index (κ3) is 2.88. The number of carboxylic acid groups (broad SMARTS) is 1. The summed E-state index contributed by atoms with van der Waals surface area (Å²) in [4.78, 5) is 14.8. The van der Waals surface area contributed by atoms with Gasteiger partial charge in [0.15, 0.2) is 0 Å². The van der Waals surface area contributed by atoms with Crippen molar-refractivity contribution < 1.29 is 14.3 Å². The van der Waals surface area contributed by atoms with E-state index < -0.39 is 5.97 Å². The second kappa shape index (κ2) is 5.05. The van der Waals surface area contributed by atoms with Crippen molar-refractivity contribution in [2.24, 2.45) is 0 Å². The van der Waals surface area contributed by atoms with E-state index in [9.17, 15) is 4.79 Å². The second-order valence-corrected chi connectivity index (χ2v) is 4.46. The number of aryl methyl sites for hydroxylation is 1. The van der Waals surface area contributed by atoms with E-state index in [4.69, 9.17) is 9.52 Å². The summed E-state index contributed by atoms with van der Waals surface area (Å²) in [6.07, 6.45) is 3.13. The predicted octanol–water partition coefficient (Wildman–Crippen LogP) is 2.97. The maximum atomic E-state index is 10.8. The molecule has 1 N–H and O–H groups in total. The lowest BCUT2D eigenvalue weighted by Gasteiger charge is -2.05. The standard InChI is InChI=1S/C12H11NO3S/c1-8-6-9(11(14)15)2-3-10(8)7-17-12-13-4-5-16-12/h2-6H,7H2,1H3,(H,14,15). The highest BCUT2D eigenvalue weighted by Gasteiger charge is 2.07. The van der Waals surface area contributed by atoms with E-state index in [-0.39, 0.29) is 0 Å². The monoisotopic (exact) mass is 249 g/mol. The van der Waals surface area contributed by atoms with Gasteiger partial charge in [-0.2, -0.15) is 0 Å². The number of rotatable bonds is 4.